The van der Waals surface area contributed by atoms with E-state index in [1.807, 2.05) is 24.3 Å². The fourth-order valence-electron chi connectivity index (χ4n) is 3.98. The zero-order valence-electron chi connectivity index (χ0n) is 23.0. The lowest BCUT2D eigenvalue weighted by Crippen LogP contribution is -2.37. The molecule has 1 aliphatic heterocycles. The normalized spacial score (nSPS) is 17.4. The van der Waals surface area contributed by atoms with Crippen molar-refractivity contribution < 1.29 is 9.53 Å². The van der Waals surface area contributed by atoms with Gasteiger partial charge in [-0.1, -0.05) is 51.2 Å². The van der Waals surface area contributed by atoms with Gasteiger partial charge in [-0.05, 0) is 50.9 Å². The van der Waals surface area contributed by atoms with E-state index >= 15 is 0 Å². The average Bonchev–Trinajstić information content (AvgIpc) is 3.09. The topological polar surface area (TPSA) is 109 Å². The van der Waals surface area contributed by atoms with E-state index < -0.39 is 0 Å². The standard InChI is InChI=1S/C21H28N6O2.C7H17N/c1-16-5-2-3-6-17(13-16)15-23-26-20-14-21(27-9-11-29-12-10-27)25-19(24-20)8-4-7-18(22)28;1-4-6-8(3)7-5-2/h2-3,5-6,13-16H,4,7-12H2,1H3,(H2,22,28)(H,24,25,26);4-7H2,1-3H3/b23-15+;. The fourth-order valence-corrected chi connectivity index (χ4v) is 3.98. The number of anilines is 2. The number of rotatable bonds is 12. The fraction of sp³-hybridized carbons (Fsp3) is 0.571. The number of allylic oxidation sites excluding steroid dienone is 6. The molecule has 1 aromatic heterocycles. The number of carbonyl (C=O) groups excluding carboxylic acids is 1. The molecule has 3 rings (SSSR count). The summed E-state index contributed by atoms with van der Waals surface area (Å²) in [5.41, 5.74) is 9.29. The lowest BCUT2D eigenvalue weighted by molar-refractivity contribution is -0.118. The Bertz CT molecular complexity index is 930. The Morgan fingerprint density at radius 1 is 1.24 bits per heavy atom. The van der Waals surface area contributed by atoms with Crippen LogP contribution in [0.4, 0.5) is 11.6 Å². The first kappa shape index (κ1) is 30.2. The first-order valence-electron chi connectivity index (χ1n) is 13.4. The van der Waals surface area contributed by atoms with Crippen LogP contribution in [0.15, 0.2) is 47.1 Å². The van der Waals surface area contributed by atoms with Gasteiger partial charge in [0.05, 0.1) is 19.4 Å². The quantitative estimate of drug-likeness (QED) is 0.323. The van der Waals surface area contributed by atoms with Crippen LogP contribution >= 0.6 is 0 Å². The molecule has 0 radical (unpaired) electrons. The molecular weight excluding hydrogens is 466 g/mol. The number of hydrogen-bond acceptors (Lipinski definition) is 8. The summed E-state index contributed by atoms with van der Waals surface area (Å²) in [5, 5.41) is 4.35. The van der Waals surface area contributed by atoms with Crippen LogP contribution in [0.3, 0.4) is 0 Å². The van der Waals surface area contributed by atoms with Crippen LogP contribution in [0, 0.1) is 5.92 Å². The van der Waals surface area contributed by atoms with Gasteiger partial charge in [-0.15, -0.1) is 0 Å². The summed E-state index contributed by atoms with van der Waals surface area (Å²) >= 11 is 0. The molecule has 0 aromatic carbocycles. The zero-order valence-corrected chi connectivity index (χ0v) is 23.0. The minimum atomic E-state index is -0.314. The number of primary amides is 1. The number of nitrogens with zero attached hydrogens (tertiary/aromatic N) is 5. The van der Waals surface area contributed by atoms with Gasteiger partial charge in [-0.2, -0.15) is 5.10 Å². The van der Waals surface area contributed by atoms with Gasteiger partial charge in [0.25, 0.3) is 0 Å². The SMILES string of the molecule is CC1C=CC=CC(/C=N/Nc2cc(N3CCOCC3)nc(CCCC(N)=O)n2)=C1.CCCN(C)CCC. The largest absolute Gasteiger partial charge is 0.378 e. The number of aromatic nitrogens is 2. The lowest BCUT2D eigenvalue weighted by Gasteiger charge is -2.28. The third kappa shape index (κ3) is 12.7. The summed E-state index contributed by atoms with van der Waals surface area (Å²) in [5.74, 6) is 2.16. The maximum atomic E-state index is 11.0. The number of nitrogens with one attached hydrogen (secondary N) is 1. The van der Waals surface area contributed by atoms with Gasteiger partial charge in [0.15, 0.2) is 5.82 Å². The van der Waals surface area contributed by atoms with Crippen LogP contribution in [0.25, 0.3) is 0 Å². The highest BCUT2D eigenvalue weighted by Crippen LogP contribution is 2.18. The first-order valence-corrected chi connectivity index (χ1v) is 13.4. The highest BCUT2D eigenvalue weighted by molar-refractivity contribution is 5.83. The molecule has 1 amide bonds. The number of morpholine rings is 1. The van der Waals surface area contributed by atoms with Crippen molar-refractivity contribution >= 4 is 23.8 Å². The van der Waals surface area contributed by atoms with E-state index in [-0.39, 0.29) is 5.91 Å². The van der Waals surface area contributed by atoms with Crippen molar-refractivity contribution in [3.05, 3.63) is 47.8 Å². The van der Waals surface area contributed by atoms with Gasteiger partial charge in [-0.25, -0.2) is 9.97 Å². The van der Waals surface area contributed by atoms with Crippen LogP contribution in [0.1, 0.15) is 52.3 Å². The van der Waals surface area contributed by atoms with Gasteiger partial charge in [0, 0.05) is 32.0 Å². The summed E-state index contributed by atoms with van der Waals surface area (Å²) in [6, 6.07) is 1.89. The molecule has 1 atom stereocenters. The molecule has 1 saturated heterocycles. The van der Waals surface area contributed by atoms with Gasteiger partial charge in [-0.3, -0.25) is 10.2 Å². The molecule has 1 unspecified atom stereocenters. The number of hydrogen-bond donors (Lipinski definition) is 2. The predicted octanol–water partition coefficient (Wildman–Crippen LogP) is 3.95. The van der Waals surface area contributed by atoms with Gasteiger partial charge in [0.2, 0.25) is 5.91 Å². The van der Waals surface area contributed by atoms with Crippen molar-refractivity contribution in [2.24, 2.45) is 16.8 Å². The Morgan fingerprint density at radius 3 is 2.65 bits per heavy atom. The molecule has 1 fully saturated rings. The Kier molecular flexibility index (Phi) is 14.2. The minimum Gasteiger partial charge on any atom is -0.378 e. The summed E-state index contributed by atoms with van der Waals surface area (Å²) in [7, 11) is 2.17. The maximum absolute atomic E-state index is 11.0. The van der Waals surface area contributed by atoms with Crippen molar-refractivity contribution in [1.82, 2.24) is 14.9 Å². The molecule has 9 heteroatoms. The Balaban J connectivity index is 0.000000521. The predicted molar refractivity (Wildman–Crippen MR) is 153 cm³/mol. The molecule has 2 heterocycles. The van der Waals surface area contributed by atoms with E-state index in [2.05, 4.69) is 70.3 Å². The van der Waals surface area contributed by atoms with Crippen LogP contribution < -0.4 is 16.1 Å². The molecule has 0 bridgehead atoms. The van der Waals surface area contributed by atoms with E-state index in [4.69, 9.17) is 10.5 Å². The van der Waals surface area contributed by atoms with Crippen LogP contribution in [-0.4, -0.2) is 73.4 Å². The van der Waals surface area contributed by atoms with E-state index in [9.17, 15) is 4.79 Å². The van der Waals surface area contributed by atoms with Crippen molar-refractivity contribution in [2.45, 2.75) is 52.9 Å². The Labute approximate surface area is 222 Å². The number of carbonyl (C=O) groups is 1. The summed E-state index contributed by atoms with van der Waals surface area (Å²) < 4.78 is 5.43. The summed E-state index contributed by atoms with van der Waals surface area (Å²) in [6.07, 6.45) is 16.2. The maximum Gasteiger partial charge on any atom is 0.217 e. The number of hydrazone groups is 1. The van der Waals surface area contributed by atoms with Gasteiger partial charge in [0.1, 0.15) is 11.6 Å². The van der Waals surface area contributed by atoms with Gasteiger partial charge < -0.3 is 20.3 Å². The van der Waals surface area contributed by atoms with Crippen LogP contribution in [0.5, 0.6) is 0 Å². The zero-order chi connectivity index (χ0) is 26.9. The summed E-state index contributed by atoms with van der Waals surface area (Å²) in [6.45, 7) is 12.0. The molecule has 1 aliphatic carbocycles. The second-order valence-electron chi connectivity index (χ2n) is 9.39. The molecule has 3 N–H and O–H groups in total. The molecule has 204 valence electrons. The molecule has 0 saturated carbocycles. The number of nitrogens with two attached hydrogens (primary N) is 1. The van der Waals surface area contributed by atoms with Crippen molar-refractivity contribution in [2.75, 3.05) is 56.8 Å². The van der Waals surface area contributed by atoms with Crippen molar-refractivity contribution in [3.8, 4) is 0 Å². The van der Waals surface area contributed by atoms with E-state index in [0.717, 1.165) is 24.5 Å². The molecule has 37 heavy (non-hydrogen) atoms. The number of ether oxygens (including phenoxy) is 1. The van der Waals surface area contributed by atoms with E-state index in [0.29, 0.717) is 50.0 Å². The minimum absolute atomic E-state index is 0.314. The highest BCUT2D eigenvalue weighted by Gasteiger charge is 2.15. The van der Waals surface area contributed by atoms with Crippen LogP contribution in [0.2, 0.25) is 0 Å². The molecular formula is C28H45N7O2. The Hall–Kier alpha value is -3.04. The number of aryl methyl sites for hydroxylation is 1. The second-order valence-corrected chi connectivity index (χ2v) is 9.39. The smallest absolute Gasteiger partial charge is 0.217 e. The van der Waals surface area contributed by atoms with Crippen molar-refractivity contribution in [1.29, 1.82) is 0 Å². The molecule has 2 aliphatic rings. The number of amides is 1. The average molecular weight is 512 g/mol. The monoisotopic (exact) mass is 511 g/mol. The Morgan fingerprint density at radius 2 is 1.97 bits per heavy atom. The third-order valence-corrected chi connectivity index (χ3v) is 5.79. The second kappa shape index (κ2) is 17.4. The van der Waals surface area contributed by atoms with Crippen molar-refractivity contribution in [3.63, 3.8) is 0 Å². The van der Waals surface area contributed by atoms with E-state index in [1.165, 1.54) is 25.9 Å². The first-order chi connectivity index (χ1) is 17.9. The lowest BCUT2D eigenvalue weighted by atomic mass is 10.1. The van der Waals surface area contributed by atoms with Gasteiger partial charge >= 0.3 is 0 Å². The third-order valence-electron chi connectivity index (χ3n) is 5.79. The molecule has 0 spiro atoms. The highest BCUT2D eigenvalue weighted by atomic mass is 16.5. The molecule has 9 nitrogen and oxygen atoms in total. The summed E-state index contributed by atoms with van der Waals surface area (Å²) in [4.78, 5) is 24.8. The van der Waals surface area contributed by atoms with Crippen LogP contribution in [-0.2, 0) is 16.0 Å². The molecule has 1 aromatic rings. The van der Waals surface area contributed by atoms with E-state index in [1.54, 1.807) is 6.21 Å².